The van der Waals surface area contributed by atoms with Crippen LogP contribution in [0.15, 0.2) is 4.99 Å². The van der Waals surface area contributed by atoms with Gasteiger partial charge in [-0.05, 0) is 19.8 Å². The highest BCUT2D eigenvalue weighted by Gasteiger charge is 2.15. The van der Waals surface area contributed by atoms with E-state index in [4.69, 9.17) is 4.74 Å². The van der Waals surface area contributed by atoms with Crippen molar-refractivity contribution in [3.63, 3.8) is 0 Å². The second kappa shape index (κ2) is 3.71. The van der Waals surface area contributed by atoms with E-state index in [0.717, 1.165) is 19.6 Å². The summed E-state index contributed by atoms with van der Waals surface area (Å²) >= 11 is 0. The normalized spacial score (nSPS) is 25.0. The fourth-order valence-electron chi connectivity index (χ4n) is 1.35. The SMILES string of the molecule is COCCC1CCN=C1C. The molecule has 0 fully saturated rings. The predicted octanol–water partition coefficient (Wildman–Crippen LogP) is 1.50. The Morgan fingerprint density at radius 3 is 3.00 bits per heavy atom. The van der Waals surface area contributed by atoms with Gasteiger partial charge in [0.2, 0.25) is 0 Å². The highest BCUT2D eigenvalue weighted by atomic mass is 16.5. The van der Waals surface area contributed by atoms with E-state index in [9.17, 15) is 0 Å². The van der Waals surface area contributed by atoms with Gasteiger partial charge in [0.15, 0.2) is 0 Å². The van der Waals surface area contributed by atoms with E-state index in [2.05, 4.69) is 11.9 Å². The van der Waals surface area contributed by atoms with Crippen LogP contribution in [0, 0.1) is 5.92 Å². The van der Waals surface area contributed by atoms with Crippen LogP contribution in [0.3, 0.4) is 0 Å². The molecule has 1 aliphatic rings. The highest BCUT2D eigenvalue weighted by molar-refractivity contribution is 5.85. The molecule has 2 heteroatoms. The summed E-state index contributed by atoms with van der Waals surface area (Å²) in [6, 6.07) is 0. The lowest BCUT2D eigenvalue weighted by Crippen LogP contribution is -2.08. The van der Waals surface area contributed by atoms with Crippen molar-refractivity contribution >= 4 is 5.71 Å². The Bertz CT molecular complexity index is 131. The lowest BCUT2D eigenvalue weighted by Gasteiger charge is -2.07. The lowest BCUT2D eigenvalue weighted by atomic mass is 10.0. The first kappa shape index (κ1) is 7.73. The maximum Gasteiger partial charge on any atom is 0.0468 e. The summed E-state index contributed by atoms with van der Waals surface area (Å²) in [7, 11) is 1.75. The topological polar surface area (TPSA) is 21.6 Å². The minimum absolute atomic E-state index is 0.708. The molecule has 0 aromatic carbocycles. The Kier molecular flexibility index (Phi) is 2.87. The van der Waals surface area contributed by atoms with Crippen LogP contribution in [0.1, 0.15) is 19.8 Å². The second-order valence-electron chi connectivity index (χ2n) is 2.79. The molecule has 0 saturated carbocycles. The molecule has 0 aromatic heterocycles. The van der Waals surface area contributed by atoms with Gasteiger partial charge in [-0.1, -0.05) is 0 Å². The van der Waals surface area contributed by atoms with E-state index >= 15 is 0 Å². The molecule has 0 amide bonds. The Balaban J connectivity index is 2.22. The molecule has 0 aromatic rings. The first-order valence-corrected chi connectivity index (χ1v) is 3.84. The molecule has 0 radical (unpaired) electrons. The standard InChI is InChI=1S/C8H15NO/c1-7-8(3-5-9-7)4-6-10-2/h8H,3-6H2,1-2H3. The Morgan fingerprint density at radius 1 is 1.70 bits per heavy atom. The van der Waals surface area contributed by atoms with E-state index in [0.29, 0.717) is 5.92 Å². The zero-order valence-corrected chi connectivity index (χ0v) is 6.76. The van der Waals surface area contributed by atoms with Gasteiger partial charge in [-0.2, -0.15) is 0 Å². The number of hydrogen-bond acceptors (Lipinski definition) is 2. The largest absolute Gasteiger partial charge is 0.385 e. The summed E-state index contributed by atoms with van der Waals surface area (Å²) in [5.74, 6) is 0.708. The molecular weight excluding hydrogens is 126 g/mol. The Labute approximate surface area is 62.3 Å². The van der Waals surface area contributed by atoms with Gasteiger partial charge in [-0.15, -0.1) is 0 Å². The average Bonchev–Trinajstić information content (AvgIpc) is 2.31. The smallest absolute Gasteiger partial charge is 0.0468 e. The van der Waals surface area contributed by atoms with Crippen molar-refractivity contribution in [3.8, 4) is 0 Å². The first-order chi connectivity index (χ1) is 4.84. The van der Waals surface area contributed by atoms with Crippen molar-refractivity contribution in [2.45, 2.75) is 19.8 Å². The summed E-state index contributed by atoms with van der Waals surface area (Å²) in [6.45, 7) is 4.02. The fourth-order valence-corrected chi connectivity index (χ4v) is 1.35. The quantitative estimate of drug-likeness (QED) is 0.583. The van der Waals surface area contributed by atoms with Gasteiger partial charge < -0.3 is 4.74 Å². The Hall–Kier alpha value is -0.370. The molecule has 0 spiro atoms. The molecule has 0 bridgehead atoms. The van der Waals surface area contributed by atoms with E-state index in [1.165, 1.54) is 12.1 Å². The van der Waals surface area contributed by atoms with Crippen LogP contribution in [0.5, 0.6) is 0 Å². The molecule has 1 heterocycles. The van der Waals surface area contributed by atoms with Crippen LogP contribution in [0.25, 0.3) is 0 Å². The molecule has 0 N–H and O–H groups in total. The molecule has 10 heavy (non-hydrogen) atoms. The molecule has 0 saturated heterocycles. The molecule has 1 atom stereocenters. The van der Waals surface area contributed by atoms with Crippen LogP contribution in [0.2, 0.25) is 0 Å². The van der Waals surface area contributed by atoms with Crippen molar-refractivity contribution in [3.05, 3.63) is 0 Å². The van der Waals surface area contributed by atoms with Crippen molar-refractivity contribution in [1.82, 2.24) is 0 Å². The van der Waals surface area contributed by atoms with Gasteiger partial charge in [0.25, 0.3) is 0 Å². The van der Waals surface area contributed by atoms with Crippen LogP contribution < -0.4 is 0 Å². The van der Waals surface area contributed by atoms with Gasteiger partial charge in [-0.25, -0.2) is 0 Å². The fraction of sp³-hybridized carbons (Fsp3) is 0.875. The molecule has 2 nitrogen and oxygen atoms in total. The monoisotopic (exact) mass is 141 g/mol. The molecule has 0 aliphatic carbocycles. The zero-order chi connectivity index (χ0) is 7.40. The lowest BCUT2D eigenvalue weighted by molar-refractivity contribution is 0.186. The number of ether oxygens (including phenoxy) is 1. The summed E-state index contributed by atoms with van der Waals surface area (Å²) in [6.07, 6.45) is 2.38. The van der Waals surface area contributed by atoms with Crippen molar-refractivity contribution in [2.24, 2.45) is 10.9 Å². The van der Waals surface area contributed by atoms with Gasteiger partial charge in [0, 0.05) is 31.9 Å². The summed E-state index contributed by atoms with van der Waals surface area (Å²) in [4.78, 5) is 4.33. The average molecular weight is 141 g/mol. The maximum atomic E-state index is 5.00. The van der Waals surface area contributed by atoms with Gasteiger partial charge in [0.05, 0.1) is 0 Å². The van der Waals surface area contributed by atoms with Crippen LogP contribution in [-0.4, -0.2) is 26.0 Å². The second-order valence-corrected chi connectivity index (χ2v) is 2.79. The minimum atomic E-state index is 0.708. The Morgan fingerprint density at radius 2 is 2.50 bits per heavy atom. The van der Waals surface area contributed by atoms with Gasteiger partial charge in [-0.3, -0.25) is 4.99 Å². The molecule has 1 rings (SSSR count). The summed E-state index contributed by atoms with van der Waals surface area (Å²) in [5, 5.41) is 0. The predicted molar refractivity (Wildman–Crippen MR) is 42.6 cm³/mol. The number of methoxy groups -OCH3 is 1. The third kappa shape index (κ3) is 1.81. The van der Waals surface area contributed by atoms with E-state index in [1.807, 2.05) is 0 Å². The molecule has 1 aliphatic heterocycles. The number of aliphatic imine (C=N–C) groups is 1. The van der Waals surface area contributed by atoms with Crippen molar-refractivity contribution in [2.75, 3.05) is 20.3 Å². The summed E-state index contributed by atoms with van der Waals surface area (Å²) < 4.78 is 5.00. The minimum Gasteiger partial charge on any atom is -0.385 e. The van der Waals surface area contributed by atoms with E-state index < -0.39 is 0 Å². The third-order valence-electron chi connectivity index (χ3n) is 2.10. The third-order valence-corrected chi connectivity index (χ3v) is 2.10. The number of rotatable bonds is 3. The van der Waals surface area contributed by atoms with Gasteiger partial charge in [0.1, 0.15) is 0 Å². The van der Waals surface area contributed by atoms with E-state index in [1.54, 1.807) is 7.11 Å². The van der Waals surface area contributed by atoms with Crippen molar-refractivity contribution in [1.29, 1.82) is 0 Å². The molecular formula is C8H15NO. The first-order valence-electron chi connectivity index (χ1n) is 3.84. The summed E-state index contributed by atoms with van der Waals surface area (Å²) in [5.41, 5.74) is 1.32. The van der Waals surface area contributed by atoms with Gasteiger partial charge >= 0.3 is 0 Å². The number of nitrogens with zero attached hydrogens (tertiary/aromatic N) is 1. The van der Waals surface area contributed by atoms with Crippen LogP contribution in [-0.2, 0) is 4.74 Å². The zero-order valence-electron chi connectivity index (χ0n) is 6.76. The van der Waals surface area contributed by atoms with Crippen LogP contribution >= 0.6 is 0 Å². The van der Waals surface area contributed by atoms with Crippen molar-refractivity contribution < 1.29 is 4.74 Å². The molecule has 1 unspecified atom stereocenters. The van der Waals surface area contributed by atoms with Crippen LogP contribution in [0.4, 0.5) is 0 Å². The number of hydrogen-bond donors (Lipinski definition) is 0. The highest BCUT2D eigenvalue weighted by Crippen LogP contribution is 2.17. The maximum absolute atomic E-state index is 5.00. The van der Waals surface area contributed by atoms with E-state index in [-0.39, 0.29) is 0 Å². The molecule has 58 valence electrons.